The number of azide groups is 1. The highest BCUT2D eigenvalue weighted by atomic mass is 35.5. The minimum Gasteiger partial charge on any atom is -0.322 e. The summed E-state index contributed by atoms with van der Waals surface area (Å²) in [7, 11) is 0. The van der Waals surface area contributed by atoms with Gasteiger partial charge in [0.15, 0.2) is 0 Å². The fourth-order valence-corrected chi connectivity index (χ4v) is 1.73. The molecule has 0 spiro atoms. The molecule has 0 radical (unpaired) electrons. The maximum Gasteiger partial charge on any atom is 0.257 e. The van der Waals surface area contributed by atoms with Gasteiger partial charge in [-0.1, -0.05) is 41.0 Å². The highest BCUT2D eigenvalue weighted by molar-refractivity contribution is 6.34. The van der Waals surface area contributed by atoms with E-state index >= 15 is 0 Å². The van der Waals surface area contributed by atoms with Crippen molar-refractivity contribution in [1.29, 1.82) is 0 Å². The average molecular weight is 273 g/mol. The molecule has 2 aromatic carbocycles. The largest absolute Gasteiger partial charge is 0.322 e. The summed E-state index contributed by atoms with van der Waals surface area (Å²) in [5.74, 6) is -0.290. The highest BCUT2D eigenvalue weighted by Gasteiger charge is 2.09. The molecule has 0 aliphatic rings. The van der Waals surface area contributed by atoms with Crippen LogP contribution in [0.25, 0.3) is 10.4 Å². The van der Waals surface area contributed by atoms with Crippen LogP contribution in [0.4, 0.5) is 11.4 Å². The molecule has 5 nitrogen and oxygen atoms in total. The fraction of sp³-hybridized carbons (Fsp3) is 0. The summed E-state index contributed by atoms with van der Waals surface area (Å²) >= 11 is 5.94. The molecule has 2 rings (SSSR count). The molecule has 0 atom stereocenters. The van der Waals surface area contributed by atoms with Gasteiger partial charge in [0.1, 0.15) is 0 Å². The molecule has 0 fully saturated rings. The molecule has 0 bridgehead atoms. The topological polar surface area (TPSA) is 77.9 Å². The second kappa shape index (κ2) is 5.91. The predicted molar refractivity (Wildman–Crippen MR) is 74.7 cm³/mol. The SMILES string of the molecule is [N-]=[N+]=Nc1ccc(NC(=O)c2ccccc2Cl)cc1. The maximum atomic E-state index is 12.0. The maximum absolute atomic E-state index is 12.0. The number of hydrogen-bond acceptors (Lipinski definition) is 2. The van der Waals surface area contributed by atoms with Crippen molar-refractivity contribution in [3.63, 3.8) is 0 Å². The zero-order chi connectivity index (χ0) is 13.7. The third kappa shape index (κ3) is 3.25. The van der Waals surface area contributed by atoms with Crippen molar-refractivity contribution >= 4 is 28.9 Å². The Balaban J connectivity index is 2.15. The van der Waals surface area contributed by atoms with Gasteiger partial charge in [-0.25, -0.2) is 0 Å². The summed E-state index contributed by atoms with van der Waals surface area (Å²) in [5.41, 5.74) is 9.78. The summed E-state index contributed by atoms with van der Waals surface area (Å²) in [6, 6.07) is 13.3. The Kier molecular flexibility index (Phi) is 4.03. The lowest BCUT2D eigenvalue weighted by molar-refractivity contribution is 0.102. The van der Waals surface area contributed by atoms with Crippen LogP contribution in [0.2, 0.25) is 5.02 Å². The summed E-state index contributed by atoms with van der Waals surface area (Å²) in [6.45, 7) is 0. The molecule has 94 valence electrons. The van der Waals surface area contributed by atoms with Crippen LogP contribution in [0, 0.1) is 0 Å². The third-order valence-corrected chi connectivity index (χ3v) is 2.73. The van der Waals surface area contributed by atoms with Crippen LogP contribution in [0.3, 0.4) is 0 Å². The van der Waals surface area contributed by atoms with E-state index in [2.05, 4.69) is 15.3 Å². The lowest BCUT2D eigenvalue weighted by atomic mass is 10.2. The molecule has 2 aromatic rings. The first kappa shape index (κ1) is 13.0. The summed E-state index contributed by atoms with van der Waals surface area (Å²) in [5, 5.41) is 6.55. The molecule has 0 heterocycles. The Morgan fingerprint density at radius 1 is 1.16 bits per heavy atom. The first-order chi connectivity index (χ1) is 9.20. The van der Waals surface area contributed by atoms with Gasteiger partial charge in [-0.05, 0) is 29.8 Å². The molecule has 1 N–H and O–H groups in total. The number of halogens is 1. The number of carbonyl (C=O) groups is 1. The van der Waals surface area contributed by atoms with E-state index in [-0.39, 0.29) is 5.91 Å². The highest BCUT2D eigenvalue weighted by Crippen LogP contribution is 2.19. The molecular weight excluding hydrogens is 264 g/mol. The van der Waals surface area contributed by atoms with Crippen molar-refractivity contribution in [3.8, 4) is 0 Å². The zero-order valence-corrected chi connectivity index (χ0v) is 10.5. The normalized spacial score (nSPS) is 9.53. The average Bonchev–Trinajstić information content (AvgIpc) is 2.42. The van der Waals surface area contributed by atoms with Crippen LogP contribution in [0.15, 0.2) is 53.6 Å². The monoisotopic (exact) mass is 272 g/mol. The van der Waals surface area contributed by atoms with E-state index in [0.29, 0.717) is 22.0 Å². The number of amides is 1. The van der Waals surface area contributed by atoms with E-state index in [1.807, 2.05) is 0 Å². The van der Waals surface area contributed by atoms with Crippen LogP contribution in [0.5, 0.6) is 0 Å². The number of anilines is 1. The van der Waals surface area contributed by atoms with Gasteiger partial charge < -0.3 is 5.32 Å². The Labute approximate surface area is 114 Å². The first-order valence-electron chi connectivity index (χ1n) is 5.42. The number of benzene rings is 2. The van der Waals surface area contributed by atoms with Gasteiger partial charge in [0, 0.05) is 16.3 Å². The number of hydrogen-bond donors (Lipinski definition) is 1. The Hall–Kier alpha value is -2.49. The zero-order valence-electron chi connectivity index (χ0n) is 9.75. The first-order valence-corrected chi connectivity index (χ1v) is 5.79. The molecule has 0 saturated carbocycles. The second-order valence-corrected chi connectivity index (χ2v) is 4.08. The Morgan fingerprint density at radius 3 is 2.47 bits per heavy atom. The lowest BCUT2D eigenvalue weighted by Gasteiger charge is -2.06. The van der Waals surface area contributed by atoms with Crippen LogP contribution in [0.1, 0.15) is 10.4 Å². The molecule has 1 amide bonds. The standard InChI is InChI=1S/C13H9ClN4O/c14-12-4-2-1-3-11(12)13(19)16-9-5-7-10(8-6-9)17-18-15/h1-8H,(H,16,19). The van der Waals surface area contributed by atoms with Crippen molar-refractivity contribution in [2.45, 2.75) is 0 Å². The van der Waals surface area contributed by atoms with Gasteiger partial charge in [0.05, 0.1) is 10.6 Å². The fourth-order valence-electron chi connectivity index (χ4n) is 1.51. The van der Waals surface area contributed by atoms with Crippen LogP contribution in [-0.4, -0.2) is 5.91 Å². The minimum atomic E-state index is -0.290. The van der Waals surface area contributed by atoms with Crippen molar-refractivity contribution in [1.82, 2.24) is 0 Å². The summed E-state index contributed by atoms with van der Waals surface area (Å²) < 4.78 is 0. The molecule has 0 aromatic heterocycles. The molecule has 0 saturated heterocycles. The van der Waals surface area contributed by atoms with E-state index < -0.39 is 0 Å². The number of carbonyl (C=O) groups excluding carboxylic acids is 1. The number of rotatable bonds is 3. The van der Waals surface area contributed by atoms with E-state index in [9.17, 15) is 4.79 Å². The lowest BCUT2D eigenvalue weighted by Crippen LogP contribution is -2.12. The Morgan fingerprint density at radius 2 is 1.84 bits per heavy atom. The van der Waals surface area contributed by atoms with Gasteiger partial charge in [-0.15, -0.1) is 0 Å². The molecule has 0 aliphatic heterocycles. The Bertz CT molecular complexity index is 648. The van der Waals surface area contributed by atoms with Gasteiger partial charge in [-0.3, -0.25) is 4.79 Å². The van der Waals surface area contributed by atoms with Gasteiger partial charge in [0.25, 0.3) is 5.91 Å². The predicted octanol–water partition coefficient (Wildman–Crippen LogP) is 4.53. The van der Waals surface area contributed by atoms with Crippen LogP contribution in [-0.2, 0) is 0 Å². The molecular formula is C13H9ClN4O. The van der Waals surface area contributed by atoms with Gasteiger partial charge >= 0.3 is 0 Å². The quantitative estimate of drug-likeness (QED) is 0.497. The van der Waals surface area contributed by atoms with Crippen LogP contribution >= 0.6 is 11.6 Å². The summed E-state index contributed by atoms with van der Waals surface area (Å²) in [6.07, 6.45) is 0. The van der Waals surface area contributed by atoms with E-state index in [1.54, 1.807) is 48.5 Å². The van der Waals surface area contributed by atoms with Gasteiger partial charge in [-0.2, -0.15) is 0 Å². The molecule has 0 unspecified atom stereocenters. The molecule has 19 heavy (non-hydrogen) atoms. The third-order valence-electron chi connectivity index (χ3n) is 2.40. The smallest absolute Gasteiger partial charge is 0.257 e. The number of nitrogens with one attached hydrogen (secondary N) is 1. The van der Waals surface area contributed by atoms with Crippen molar-refractivity contribution in [3.05, 3.63) is 69.6 Å². The van der Waals surface area contributed by atoms with Crippen molar-refractivity contribution in [2.75, 3.05) is 5.32 Å². The molecule has 6 heteroatoms. The number of nitrogens with zero attached hydrogens (tertiary/aromatic N) is 3. The molecule has 0 aliphatic carbocycles. The van der Waals surface area contributed by atoms with Gasteiger partial charge in [0.2, 0.25) is 0 Å². The van der Waals surface area contributed by atoms with E-state index in [4.69, 9.17) is 17.1 Å². The summed E-state index contributed by atoms with van der Waals surface area (Å²) in [4.78, 5) is 14.6. The minimum absolute atomic E-state index is 0.290. The van der Waals surface area contributed by atoms with Crippen molar-refractivity contribution in [2.24, 2.45) is 5.11 Å². The second-order valence-electron chi connectivity index (χ2n) is 3.67. The van der Waals surface area contributed by atoms with E-state index in [1.165, 1.54) is 0 Å². The van der Waals surface area contributed by atoms with Crippen molar-refractivity contribution < 1.29 is 4.79 Å². The van der Waals surface area contributed by atoms with E-state index in [0.717, 1.165) is 0 Å². The van der Waals surface area contributed by atoms with Crippen LogP contribution < -0.4 is 5.32 Å².